The van der Waals surface area contributed by atoms with Gasteiger partial charge in [0.15, 0.2) is 0 Å². The average molecular weight is 336 g/mol. The SMILES string of the molecule is CCSc1ccc([C@H](C)NC(=O)[C@@H](C)N2CCN(C)CC2)cc1. The minimum atomic E-state index is -0.0685. The van der Waals surface area contributed by atoms with E-state index in [4.69, 9.17) is 0 Å². The Balaban J connectivity index is 1.88. The van der Waals surface area contributed by atoms with Gasteiger partial charge in [-0.3, -0.25) is 9.69 Å². The summed E-state index contributed by atoms with van der Waals surface area (Å²) in [6.07, 6.45) is 0. The number of hydrogen-bond acceptors (Lipinski definition) is 4. The van der Waals surface area contributed by atoms with Crippen molar-refractivity contribution in [2.75, 3.05) is 39.0 Å². The maximum atomic E-state index is 12.5. The molecule has 128 valence electrons. The van der Waals surface area contributed by atoms with Crippen LogP contribution in [0.2, 0.25) is 0 Å². The van der Waals surface area contributed by atoms with Gasteiger partial charge in [0.05, 0.1) is 12.1 Å². The number of carbonyl (C=O) groups excluding carboxylic acids is 1. The highest BCUT2D eigenvalue weighted by molar-refractivity contribution is 7.99. The van der Waals surface area contributed by atoms with Crippen LogP contribution in [0.4, 0.5) is 0 Å². The minimum Gasteiger partial charge on any atom is -0.348 e. The Kier molecular flexibility index (Phi) is 6.93. The van der Waals surface area contributed by atoms with Crippen LogP contribution < -0.4 is 5.32 Å². The molecule has 5 heteroatoms. The number of likely N-dealkylation sites (N-methyl/N-ethyl adjacent to an activating group) is 1. The number of thioether (sulfide) groups is 1. The summed E-state index contributed by atoms with van der Waals surface area (Å²) in [5, 5.41) is 3.15. The fraction of sp³-hybridized carbons (Fsp3) is 0.611. The largest absolute Gasteiger partial charge is 0.348 e. The second-order valence-electron chi connectivity index (χ2n) is 6.25. The third-order valence-electron chi connectivity index (χ3n) is 4.51. The first-order valence-corrected chi connectivity index (χ1v) is 9.45. The van der Waals surface area contributed by atoms with E-state index in [2.05, 4.69) is 60.3 Å². The van der Waals surface area contributed by atoms with E-state index in [0.29, 0.717) is 0 Å². The van der Waals surface area contributed by atoms with Crippen LogP contribution in [0.25, 0.3) is 0 Å². The Hall–Kier alpha value is -1.04. The summed E-state index contributed by atoms with van der Waals surface area (Å²) in [4.78, 5) is 18.4. The topological polar surface area (TPSA) is 35.6 Å². The molecule has 2 rings (SSSR count). The highest BCUT2D eigenvalue weighted by Crippen LogP contribution is 2.21. The number of nitrogens with zero attached hydrogens (tertiary/aromatic N) is 2. The Labute approximate surface area is 144 Å². The van der Waals surface area contributed by atoms with Crippen LogP contribution in [-0.4, -0.2) is 60.7 Å². The molecule has 1 N–H and O–H groups in total. The van der Waals surface area contributed by atoms with Gasteiger partial charge < -0.3 is 10.2 Å². The number of nitrogens with one attached hydrogen (secondary N) is 1. The summed E-state index contributed by atoms with van der Waals surface area (Å²) in [7, 11) is 2.13. The zero-order valence-corrected chi connectivity index (χ0v) is 15.5. The van der Waals surface area contributed by atoms with Crippen LogP contribution in [0.5, 0.6) is 0 Å². The number of rotatable bonds is 6. The highest BCUT2D eigenvalue weighted by Gasteiger charge is 2.25. The highest BCUT2D eigenvalue weighted by atomic mass is 32.2. The van der Waals surface area contributed by atoms with Gasteiger partial charge in [0.25, 0.3) is 0 Å². The molecule has 1 aromatic rings. The zero-order chi connectivity index (χ0) is 16.8. The van der Waals surface area contributed by atoms with E-state index in [1.807, 2.05) is 18.7 Å². The molecular weight excluding hydrogens is 306 g/mol. The average Bonchev–Trinajstić information content (AvgIpc) is 2.55. The summed E-state index contributed by atoms with van der Waals surface area (Å²) in [6, 6.07) is 8.47. The van der Waals surface area contributed by atoms with Crippen molar-refractivity contribution < 1.29 is 4.79 Å². The Bertz CT molecular complexity index is 497. The lowest BCUT2D eigenvalue weighted by Crippen LogP contribution is -2.53. The molecule has 1 aliphatic heterocycles. The predicted octanol–water partition coefficient (Wildman–Crippen LogP) is 2.61. The number of piperazine rings is 1. The maximum Gasteiger partial charge on any atom is 0.237 e. The Morgan fingerprint density at radius 3 is 2.35 bits per heavy atom. The maximum absolute atomic E-state index is 12.5. The molecule has 1 aromatic carbocycles. The van der Waals surface area contributed by atoms with Crippen LogP contribution in [0, 0.1) is 0 Å². The molecule has 0 bridgehead atoms. The van der Waals surface area contributed by atoms with Crippen molar-refractivity contribution in [3.05, 3.63) is 29.8 Å². The number of carbonyl (C=O) groups is 1. The molecule has 0 unspecified atom stereocenters. The molecule has 23 heavy (non-hydrogen) atoms. The molecule has 4 nitrogen and oxygen atoms in total. The molecule has 0 spiro atoms. The van der Waals surface area contributed by atoms with E-state index in [9.17, 15) is 4.79 Å². The first-order chi connectivity index (χ1) is 11.0. The van der Waals surface area contributed by atoms with Gasteiger partial charge in [-0.05, 0) is 44.3 Å². The first kappa shape index (κ1) is 18.3. The molecule has 1 amide bonds. The van der Waals surface area contributed by atoms with Crippen LogP contribution in [0.15, 0.2) is 29.2 Å². The van der Waals surface area contributed by atoms with Gasteiger partial charge in [0, 0.05) is 31.1 Å². The van der Waals surface area contributed by atoms with Crippen molar-refractivity contribution in [3.63, 3.8) is 0 Å². The summed E-state index contributed by atoms with van der Waals surface area (Å²) in [5.41, 5.74) is 1.16. The fourth-order valence-corrected chi connectivity index (χ4v) is 3.47. The van der Waals surface area contributed by atoms with Crippen molar-refractivity contribution >= 4 is 17.7 Å². The molecule has 0 radical (unpaired) electrons. The number of hydrogen-bond donors (Lipinski definition) is 1. The van der Waals surface area contributed by atoms with Gasteiger partial charge in [-0.15, -0.1) is 11.8 Å². The third-order valence-corrected chi connectivity index (χ3v) is 5.41. The van der Waals surface area contributed by atoms with Gasteiger partial charge in [0.2, 0.25) is 5.91 Å². The van der Waals surface area contributed by atoms with Crippen LogP contribution in [0.1, 0.15) is 32.4 Å². The van der Waals surface area contributed by atoms with Crippen molar-refractivity contribution in [1.82, 2.24) is 15.1 Å². The zero-order valence-electron chi connectivity index (χ0n) is 14.7. The van der Waals surface area contributed by atoms with Crippen LogP contribution >= 0.6 is 11.8 Å². The molecule has 1 fully saturated rings. The Morgan fingerprint density at radius 2 is 1.78 bits per heavy atom. The quantitative estimate of drug-likeness (QED) is 0.811. The van der Waals surface area contributed by atoms with E-state index in [1.165, 1.54) is 4.90 Å². The summed E-state index contributed by atoms with van der Waals surface area (Å²) < 4.78 is 0. The second-order valence-corrected chi connectivity index (χ2v) is 7.58. The summed E-state index contributed by atoms with van der Waals surface area (Å²) >= 11 is 1.84. The van der Waals surface area contributed by atoms with E-state index >= 15 is 0 Å². The van der Waals surface area contributed by atoms with Crippen molar-refractivity contribution in [2.24, 2.45) is 0 Å². The molecule has 0 aliphatic carbocycles. The molecule has 0 aromatic heterocycles. The van der Waals surface area contributed by atoms with Crippen molar-refractivity contribution in [1.29, 1.82) is 0 Å². The predicted molar refractivity (Wildman–Crippen MR) is 97.9 cm³/mol. The van der Waals surface area contributed by atoms with Crippen molar-refractivity contribution in [3.8, 4) is 0 Å². The molecule has 1 aliphatic rings. The Morgan fingerprint density at radius 1 is 1.17 bits per heavy atom. The minimum absolute atomic E-state index is 0.0399. The monoisotopic (exact) mass is 335 g/mol. The fourth-order valence-electron chi connectivity index (χ4n) is 2.81. The first-order valence-electron chi connectivity index (χ1n) is 8.47. The number of amides is 1. The molecule has 2 atom stereocenters. The second kappa shape index (κ2) is 8.71. The van der Waals surface area contributed by atoms with Gasteiger partial charge in [-0.2, -0.15) is 0 Å². The van der Waals surface area contributed by atoms with Crippen LogP contribution in [-0.2, 0) is 4.79 Å². The van der Waals surface area contributed by atoms with Gasteiger partial charge in [-0.25, -0.2) is 0 Å². The summed E-state index contributed by atoms with van der Waals surface area (Å²) in [6.45, 7) is 10.2. The standard InChI is InChI=1S/C18H29N3OS/c1-5-23-17-8-6-16(7-9-17)14(2)19-18(22)15(3)21-12-10-20(4)11-13-21/h6-9,14-15H,5,10-13H2,1-4H3,(H,19,22)/t14-,15+/m0/s1. The number of benzene rings is 1. The smallest absolute Gasteiger partial charge is 0.237 e. The van der Waals surface area contributed by atoms with Crippen molar-refractivity contribution in [2.45, 2.75) is 37.8 Å². The van der Waals surface area contributed by atoms with Gasteiger partial charge in [0.1, 0.15) is 0 Å². The normalized spacial score (nSPS) is 19.3. The summed E-state index contributed by atoms with van der Waals surface area (Å²) in [5.74, 6) is 1.20. The third kappa shape index (κ3) is 5.23. The molecule has 0 saturated carbocycles. The van der Waals surface area contributed by atoms with E-state index in [1.54, 1.807) is 0 Å². The van der Waals surface area contributed by atoms with E-state index < -0.39 is 0 Å². The molecular formula is C18H29N3OS. The van der Waals surface area contributed by atoms with E-state index in [0.717, 1.165) is 37.5 Å². The lowest BCUT2D eigenvalue weighted by Gasteiger charge is -2.36. The molecule has 1 saturated heterocycles. The lowest BCUT2D eigenvalue weighted by atomic mass is 10.1. The lowest BCUT2D eigenvalue weighted by molar-refractivity contribution is -0.127. The van der Waals surface area contributed by atoms with E-state index in [-0.39, 0.29) is 18.0 Å². The van der Waals surface area contributed by atoms with Gasteiger partial charge in [-0.1, -0.05) is 19.1 Å². The van der Waals surface area contributed by atoms with Gasteiger partial charge >= 0.3 is 0 Å². The molecule has 1 heterocycles. The van der Waals surface area contributed by atoms with Crippen LogP contribution in [0.3, 0.4) is 0 Å².